The normalized spacial score (nSPS) is 20.3. The molecule has 0 saturated heterocycles. The Hall–Kier alpha value is -2.10. The van der Waals surface area contributed by atoms with Gasteiger partial charge in [-0.25, -0.2) is 4.98 Å². The molecule has 1 aromatic carbocycles. The number of aryl methyl sites for hydroxylation is 2. The number of nitrogens with one attached hydrogen (secondary N) is 1. The maximum absolute atomic E-state index is 12.2. The van der Waals surface area contributed by atoms with E-state index in [2.05, 4.69) is 35.4 Å². The molecular formula is C17H21N3O. The minimum absolute atomic E-state index is 0.146. The lowest BCUT2D eigenvalue weighted by Gasteiger charge is -2.06. The van der Waals surface area contributed by atoms with Crippen LogP contribution in [0.15, 0.2) is 36.7 Å². The molecule has 1 amide bonds. The summed E-state index contributed by atoms with van der Waals surface area (Å²) in [5.74, 6) is 1.73. The summed E-state index contributed by atoms with van der Waals surface area (Å²) in [5.41, 5.74) is 2.60. The lowest BCUT2D eigenvalue weighted by Crippen LogP contribution is -2.28. The lowest BCUT2D eigenvalue weighted by molar-refractivity contribution is -0.122. The van der Waals surface area contributed by atoms with Crippen LogP contribution < -0.4 is 5.32 Å². The molecule has 1 N–H and O–H groups in total. The third-order valence-electron chi connectivity index (χ3n) is 4.28. The molecule has 4 heteroatoms. The van der Waals surface area contributed by atoms with E-state index in [4.69, 9.17) is 0 Å². The summed E-state index contributed by atoms with van der Waals surface area (Å²) in [6.45, 7) is 2.77. The molecule has 4 nitrogen and oxygen atoms in total. The van der Waals surface area contributed by atoms with Crippen molar-refractivity contribution in [2.75, 3.05) is 6.54 Å². The van der Waals surface area contributed by atoms with E-state index in [0.29, 0.717) is 12.5 Å². The second-order valence-electron chi connectivity index (χ2n) is 5.80. The molecule has 21 heavy (non-hydrogen) atoms. The van der Waals surface area contributed by atoms with Crippen molar-refractivity contribution in [2.24, 2.45) is 13.0 Å². The Bertz CT molecular complexity index is 647. The second-order valence-corrected chi connectivity index (χ2v) is 5.80. The van der Waals surface area contributed by atoms with Gasteiger partial charge < -0.3 is 9.88 Å². The van der Waals surface area contributed by atoms with Crippen molar-refractivity contribution in [3.8, 4) is 0 Å². The van der Waals surface area contributed by atoms with Crippen molar-refractivity contribution >= 4 is 5.91 Å². The first kappa shape index (κ1) is 13.9. The van der Waals surface area contributed by atoms with Crippen molar-refractivity contribution in [3.05, 3.63) is 53.6 Å². The van der Waals surface area contributed by atoms with E-state index in [9.17, 15) is 4.79 Å². The highest BCUT2D eigenvalue weighted by molar-refractivity contribution is 5.83. The minimum atomic E-state index is 0.146. The van der Waals surface area contributed by atoms with Gasteiger partial charge in [-0.05, 0) is 30.4 Å². The number of aromatic nitrogens is 2. The molecule has 0 unspecified atom stereocenters. The van der Waals surface area contributed by atoms with E-state index < -0.39 is 0 Å². The van der Waals surface area contributed by atoms with Crippen LogP contribution in [-0.4, -0.2) is 22.0 Å². The summed E-state index contributed by atoms with van der Waals surface area (Å²) < 4.78 is 1.99. The van der Waals surface area contributed by atoms with Crippen LogP contribution in [0.25, 0.3) is 0 Å². The van der Waals surface area contributed by atoms with E-state index in [1.807, 2.05) is 23.9 Å². The van der Waals surface area contributed by atoms with Gasteiger partial charge >= 0.3 is 0 Å². The Kier molecular flexibility index (Phi) is 3.78. The number of hydrogen-bond donors (Lipinski definition) is 1. The lowest BCUT2D eigenvalue weighted by atomic mass is 10.0. The number of imidazole rings is 1. The first-order valence-corrected chi connectivity index (χ1v) is 7.46. The molecule has 110 valence electrons. The van der Waals surface area contributed by atoms with Gasteiger partial charge in [0.2, 0.25) is 5.91 Å². The maximum atomic E-state index is 12.2. The number of benzene rings is 1. The predicted octanol–water partition coefficient (Wildman–Crippen LogP) is 2.19. The van der Waals surface area contributed by atoms with Gasteiger partial charge in [-0.1, -0.05) is 24.3 Å². The van der Waals surface area contributed by atoms with Gasteiger partial charge in [-0.2, -0.15) is 0 Å². The fraction of sp³-hybridized carbons (Fsp3) is 0.412. The Balaban J connectivity index is 1.50. The summed E-state index contributed by atoms with van der Waals surface area (Å²) >= 11 is 0. The number of nitrogens with zero attached hydrogens (tertiary/aromatic N) is 2. The predicted molar refractivity (Wildman–Crippen MR) is 81.9 cm³/mol. The monoisotopic (exact) mass is 283 g/mol. The van der Waals surface area contributed by atoms with Gasteiger partial charge in [0, 0.05) is 38.3 Å². The van der Waals surface area contributed by atoms with Gasteiger partial charge in [0.15, 0.2) is 0 Å². The molecule has 2 atom stereocenters. The summed E-state index contributed by atoms with van der Waals surface area (Å²) in [5, 5.41) is 3.04. The first-order valence-electron chi connectivity index (χ1n) is 7.46. The van der Waals surface area contributed by atoms with Crippen LogP contribution in [0.1, 0.15) is 29.3 Å². The van der Waals surface area contributed by atoms with Gasteiger partial charge in [-0.15, -0.1) is 0 Å². The molecule has 3 rings (SSSR count). The second kappa shape index (κ2) is 5.72. The molecule has 1 aromatic heterocycles. The SMILES string of the molecule is Cc1ccccc1[C@@H]1C[C@H]1C(=O)NCCc1nccn1C. The van der Waals surface area contributed by atoms with Crippen LogP contribution in [0.2, 0.25) is 0 Å². The third-order valence-corrected chi connectivity index (χ3v) is 4.28. The fourth-order valence-corrected chi connectivity index (χ4v) is 2.90. The van der Waals surface area contributed by atoms with Crippen molar-refractivity contribution in [2.45, 2.75) is 25.7 Å². The van der Waals surface area contributed by atoms with E-state index in [-0.39, 0.29) is 11.8 Å². The summed E-state index contributed by atoms with van der Waals surface area (Å²) in [7, 11) is 1.97. The Morgan fingerprint density at radius 2 is 2.24 bits per heavy atom. The molecule has 1 heterocycles. The topological polar surface area (TPSA) is 46.9 Å². The van der Waals surface area contributed by atoms with E-state index in [1.165, 1.54) is 11.1 Å². The maximum Gasteiger partial charge on any atom is 0.223 e. The van der Waals surface area contributed by atoms with Crippen LogP contribution >= 0.6 is 0 Å². The smallest absolute Gasteiger partial charge is 0.223 e. The zero-order valence-electron chi connectivity index (χ0n) is 12.5. The molecule has 0 bridgehead atoms. The molecular weight excluding hydrogens is 262 g/mol. The van der Waals surface area contributed by atoms with Gasteiger partial charge in [-0.3, -0.25) is 4.79 Å². The van der Waals surface area contributed by atoms with Crippen LogP contribution in [0.5, 0.6) is 0 Å². The van der Waals surface area contributed by atoms with Crippen molar-refractivity contribution in [1.82, 2.24) is 14.9 Å². The zero-order chi connectivity index (χ0) is 14.8. The van der Waals surface area contributed by atoms with E-state index >= 15 is 0 Å². The average molecular weight is 283 g/mol. The fourth-order valence-electron chi connectivity index (χ4n) is 2.90. The summed E-state index contributed by atoms with van der Waals surface area (Å²) in [4.78, 5) is 16.4. The molecule has 1 fully saturated rings. The largest absolute Gasteiger partial charge is 0.355 e. The van der Waals surface area contributed by atoms with Crippen LogP contribution in [0.3, 0.4) is 0 Å². The molecule has 1 aliphatic rings. The molecule has 0 radical (unpaired) electrons. The molecule has 2 aromatic rings. The van der Waals surface area contributed by atoms with Crippen LogP contribution in [-0.2, 0) is 18.3 Å². The standard InChI is InChI=1S/C17H21N3O/c1-12-5-3-4-6-13(12)14-11-15(14)17(21)19-8-7-16-18-9-10-20(16)2/h3-6,9-10,14-15H,7-8,11H2,1-2H3,(H,19,21)/t14-,15+/m0/s1. The average Bonchev–Trinajstić information content (AvgIpc) is 3.17. The number of amides is 1. The van der Waals surface area contributed by atoms with E-state index in [1.54, 1.807) is 6.20 Å². The van der Waals surface area contributed by atoms with Crippen LogP contribution in [0.4, 0.5) is 0 Å². The number of carbonyl (C=O) groups excluding carboxylic acids is 1. The van der Waals surface area contributed by atoms with Gasteiger partial charge in [0.1, 0.15) is 5.82 Å². The van der Waals surface area contributed by atoms with Gasteiger partial charge in [0.05, 0.1) is 0 Å². The number of rotatable bonds is 5. The first-order chi connectivity index (χ1) is 10.2. The molecule has 0 spiro atoms. The Morgan fingerprint density at radius 1 is 1.43 bits per heavy atom. The molecule has 0 aliphatic heterocycles. The highest BCUT2D eigenvalue weighted by Crippen LogP contribution is 2.48. The van der Waals surface area contributed by atoms with E-state index in [0.717, 1.165) is 18.7 Å². The number of hydrogen-bond acceptors (Lipinski definition) is 2. The Labute approximate surface area is 125 Å². The van der Waals surface area contributed by atoms with Crippen molar-refractivity contribution < 1.29 is 4.79 Å². The molecule has 1 saturated carbocycles. The van der Waals surface area contributed by atoms with Crippen molar-refractivity contribution in [1.29, 1.82) is 0 Å². The third kappa shape index (κ3) is 2.99. The highest BCUT2D eigenvalue weighted by atomic mass is 16.2. The highest BCUT2D eigenvalue weighted by Gasteiger charge is 2.44. The van der Waals surface area contributed by atoms with Crippen molar-refractivity contribution in [3.63, 3.8) is 0 Å². The molecule has 1 aliphatic carbocycles. The summed E-state index contributed by atoms with van der Waals surface area (Å²) in [6.07, 6.45) is 5.45. The minimum Gasteiger partial charge on any atom is -0.355 e. The zero-order valence-corrected chi connectivity index (χ0v) is 12.5. The number of carbonyl (C=O) groups is 1. The quantitative estimate of drug-likeness (QED) is 0.914. The summed E-state index contributed by atoms with van der Waals surface area (Å²) in [6, 6.07) is 8.35. The Morgan fingerprint density at radius 3 is 2.95 bits per heavy atom. The van der Waals surface area contributed by atoms with Gasteiger partial charge in [0.25, 0.3) is 0 Å². The van der Waals surface area contributed by atoms with Crippen LogP contribution in [0, 0.1) is 12.8 Å².